The Kier molecular flexibility index (Phi) is 11.2. The van der Waals surface area contributed by atoms with Gasteiger partial charge in [0.25, 0.3) is 5.91 Å². The second kappa shape index (κ2) is 15.2. The first-order valence-electron chi connectivity index (χ1n) is 15.5. The number of benzene rings is 2. The summed E-state index contributed by atoms with van der Waals surface area (Å²) in [4.78, 5) is 41.1. The molecule has 3 aliphatic rings. The zero-order chi connectivity index (χ0) is 34.6. The summed E-state index contributed by atoms with van der Waals surface area (Å²) < 4.78 is 44.5. The van der Waals surface area contributed by atoms with Gasteiger partial charge < -0.3 is 34.6 Å². The van der Waals surface area contributed by atoms with E-state index >= 15 is 0 Å². The normalized spacial score (nSPS) is 18.5. The van der Waals surface area contributed by atoms with Gasteiger partial charge in [-0.25, -0.2) is 9.78 Å². The molecule has 3 aliphatic heterocycles. The number of carboxylic acid groups (broad SMARTS) is 1. The van der Waals surface area contributed by atoms with Crippen LogP contribution in [-0.2, 0) is 22.4 Å². The molecule has 0 aliphatic carbocycles. The van der Waals surface area contributed by atoms with Crippen LogP contribution in [0.4, 0.5) is 36.3 Å². The van der Waals surface area contributed by atoms with Crippen LogP contribution in [0.1, 0.15) is 28.9 Å². The van der Waals surface area contributed by atoms with Crippen molar-refractivity contribution in [3.63, 3.8) is 0 Å². The molecule has 1 atom stereocenters. The third-order valence-electron chi connectivity index (χ3n) is 8.60. The summed E-state index contributed by atoms with van der Waals surface area (Å²) in [7, 11) is 4.07. The average Bonchev–Trinajstić information content (AvgIpc) is 3.45. The second-order valence-electron chi connectivity index (χ2n) is 11.9. The Morgan fingerprint density at radius 2 is 1.65 bits per heavy atom. The monoisotopic (exact) mass is 707 g/mol. The summed E-state index contributed by atoms with van der Waals surface area (Å²) in [6.45, 7) is 5.21. The third kappa shape index (κ3) is 8.62. The summed E-state index contributed by atoms with van der Waals surface area (Å²) in [5, 5.41) is 11.1. The number of hydrogen-bond donors (Lipinski definition) is 2. The van der Waals surface area contributed by atoms with Crippen molar-refractivity contribution < 1.29 is 32.4 Å². The minimum absolute atomic E-state index is 0.0906. The Morgan fingerprint density at radius 1 is 1.02 bits per heavy atom. The van der Waals surface area contributed by atoms with E-state index in [4.69, 9.17) is 31.5 Å². The average molecular weight is 708 g/mol. The number of piperidine rings is 1. The smallest absolute Gasteiger partial charge is 0.490 e. The molecule has 11 nitrogen and oxygen atoms in total. The van der Waals surface area contributed by atoms with Gasteiger partial charge in [-0.3, -0.25) is 4.79 Å². The highest BCUT2D eigenvalue weighted by Gasteiger charge is 2.38. The van der Waals surface area contributed by atoms with Crippen LogP contribution >= 0.6 is 11.6 Å². The van der Waals surface area contributed by atoms with Gasteiger partial charge in [0.15, 0.2) is 5.82 Å². The van der Waals surface area contributed by atoms with Crippen LogP contribution in [0.25, 0.3) is 0 Å². The van der Waals surface area contributed by atoms with Crippen LogP contribution in [0.15, 0.2) is 53.4 Å². The summed E-state index contributed by atoms with van der Waals surface area (Å²) in [6, 6.07) is 15.8. The van der Waals surface area contributed by atoms with E-state index in [1.54, 1.807) is 0 Å². The van der Waals surface area contributed by atoms with Crippen molar-refractivity contribution in [3.8, 4) is 0 Å². The van der Waals surface area contributed by atoms with Crippen molar-refractivity contribution >= 4 is 57.8 Å². The number of carboxylic acids is 1. The van der Waals surface area contributed by atoms with Crippen LogP contribution in [0.5, 0.6) is 0 Å². The summed E-state index contributed by atoms with van der Waals surface area (Å²) in [5.41, 5.74) is 3.50. The number of fused-ring (bicyclic) bond motifs is 1. The number of piperazine rings is 1. The Hall–Kier alpha value is -3.79. The number of nitrogens with zero attached hydrogens (tertiary/aromatic N) is 6. The van der Waals surface area contributed by atoms with Crippen LogP contribution in [0.2, 0.25) is 5.02 Å². The number of hydrogen-bond acceptors (Lipinski definition) is 9. The van der Waals surface area contributed by atoms with Gasteiger partial charge in [-0.1, -0.05) is 17.7 Å². The number of alkyl halides is 3. The van der Waals surface area contributed by atoms with Crippen LogP contribution in [0, 0.1) is 0 Å². The molecule has 0 radical (unpaired) electrons. The number of anilines is 4. The molecule has 1 unspecified atom stereocenters. The van der Waals surface area contributed by atoms with Crippen LogP contribution < -0.4 is 15.1 Å². The maximum absolute atomic E-state index is 13.1. The zero-order valence-corrected chi connectivity index (χ0v) is 28.1. The van der Waals surface area contributed by atoms with E-state index in [1.165, 1.54) is 0 Å². The minimum atomic E-state index is -5.08. The molecule has 0 saturated carbocycles. The van der Waals surface area contributed by atoms with Gasteiger partial charge in [-0.15, -0.1) is 0 Å². The molecular weight excluding hydrogens is 671 g/mol. The largest absolute Gasteiger partial charge is 0.611 e. The number of carbonyl (C=O) groups excluding carboxylic acids is 1. The summed E-state index contributed by atoms with van der Waals surface area (Å²) >= 11 is 5.06. The number of aliphatic carboxylic acids is 1. The SMILES string of the molecule is CN1CCC(N(C)C(=O)c2ccc(N3CCN(c4nc5c(c(Nc6cccc(Cl)c6)n4)[S+]([O-])CC5)CC3)cc2)CC1.O=C(O)C(F)(F)F. The van der Waals surface area contributed by atoms with Gasteiger partial charge >= 0.3 is 12.1 Å². The number of halogens is 4. The van der Waals surface area contributed by atoms with Gasteiger partial charge in [-0.2, -0.15) is 18.2 Å². The first-order chi connectivity index (χ1) is 22.8. The van der Waals surface area contributed by atoms with Gasteiger partial charge in [0.2, 0.25) is 10.8 Å². The molecule has 2 saturated heterocycles. The second-order valence-corrected chi connectivity index (χ2v) is 13.8. The quantitative estimate of drug-likeness (QED) is 0.349. The molecule has 1 aromatic heterocycles. The number of nitrogens with one attached hydrogen (secondary N) is 1. The molecule has 48 heavy (non-hydrogen) atoms. The first-order valence-corrected chi connectivity index (χ1v) is 17.2. The van der Waals surface area contributed by atoms with Crippen LogP contribution in [-0.4, -0.2) is 113 Å². The molecule has 2 fully saturated rings. The Morgan fingerprint density at radius 3 is 2.25 bits per heavy atom. The molecule has 6 rings (SSSR count). The highest BCUT2D eigenvalue weighted by Crippen LogP contribution is 2.34. The highest BCUT2D eigenvalue weighted by molar-refractivity contribution is 7.91. The highest BCUT2D eigenvalue weighted by atomic mass is 35.5. The van der Waals surface area contributed by atoms with Crippen LogP contribution in [0.3, 0.4) is 0 Å². The lowest BCUT2D eigenvalue weighted by molar-refractivity contribution is -0.192. The predicted octanol–water partition coefficient (Wildman–Crippen LogP) is 4.66. The van der Waals surface area contributed by atoms with Gasteiger partial charge in [0.1, 0.15) is 11.4 Å². The van der Waals surface area contributed by atoms with E-state index in [2.05, 4.69) is 39.2 Å². The number of aryl methyl sites for hydroxylation is 1. The van der Waals surface area contributed by atoms with E-state index in [9.17, 15) is 22.5 Å². The molecule has 258 valence electrons. The lowest BCUT2D eigenvalue weighted by Gasteiger charge is -2.36. The summed E-state index contributed by atoms with van der Waals surface area (Å²) in [6.07, 6.45) is -2.37. The molecule has 4 heterocycles. The topological polar surface area (TPSA) is 128 Å². The number of amides is 1. The molecule has 0 bridgehead atoms. The molecule has 2 N–H and O–H groups in total. The van der Waals surface area contributed by atoms with Crippen molar-refractivity contribution in [3.05, 3.63) is 64.8 Å². The first kappa shape index (κ1) is 35.5. The van der Waals surface area contributed by atoms with E-state index in [-0.39, 0.29) is 5.91 Å². The molecule has 3 aromatic rings. The number of aromatic nitrogens is 2. The zero-order valence-electron chi connectivity index (χ0n) is 26.5. The standard InChI is InChI=1S/C30H36ClN7O2S.C2HF3O2/c1-35-13-10-24(11-14-35)36(2)29(39)21-6-8-25(9-7-21)37-15-17-38(18-16-37)30-33-26-12-19-41(40)27(26)28(34-30)32-23-5-3-4-22(31)20-23;3-2(4,5)1(6)7/h3-9,20,24H,10-19H2,1-2H3,(H,32,33,34);(H,6,7). The predicted molar refractivity (Wildman–Crippen MR) is 179 cm³/mol. The fourth-order valence-electron chi connectivity index (χ4n) is 5.84. The minimum Gasteiger partial charge on any atom is -0.611 e. The van der Waals surface area contributed by atoms with Crippen molar-refractivity contribution in [1.29, 1.82) is 0 Å². The lowest BCUT2D eigenvalue weighted by atomic mass is 10.0. The van der Waals surface area contributed by atoms with Crippen molar-refractivity contribution in [2.45, 2.75) is 36.4 Å². The Labute approximate surface area is 284 Å². The lowest BCUT2D eigenvalue weighted by Crippen LogP contribution is -2.47. The molecule has 2 aromatic carbocycles. The molecule has 0 spiro atoms. The third-order valence-corrected chi connectivity index (χ3v) is 10.3. The Bertz CT molecular complexity index is 1600. The maximum atomic E-state index is 13.1. The van der Waals surface area contributed by atoms with Gasteiger partial charge in [-0.05, 0) is 86.6 Å². The van der Waals surface area contributed by atoms with Crippen molar-refractivity contribution in [2.75, 3.05) is 74.2 Å². The fraction of sp³-hybridized carbons (Fsp3) is 0.438. The van der Waals surface area contributed by atoms with Gasteiger partial charge in [0.05, 0.1) is 0 Å². The molecule has 1 amide bonds. The Balaban J connectivity index is 0.000000582. The molecular formula is C32H37ClF3N7O4S. The number of likely N-dealkylation sites (tertiary alicyclic amines) is 1. The van der Waals surface area contributed by atoms with Gasteiger partial charge in [0, 0.05) is 67.7 Å². The molecule has 16 heteroatoms. The number of rotatable bonds is 6. The fourth-order valence-corrected chi connectivity index (χ4v) is 7.34. The van der Waals surface area contributed by atoms with E-state index in [0.717, 1.165) is 74.7 Å². The maximum Gasteiger partial charge on any atom is 0.490 e. The van der Waals surface area contributed by atoms with E-state index in [1.807, 2.05) is 48.3 Å². The van der Waals surface area contributed by atoms with Crippen molar-refractivity contribution in [1.82, 2.24) is 19.8 Å². The number of carbonyl (C=O) groups is 2. The van der Waals surface area contributed by atoms with E-state index < -0.39 is 23.3 Å². The van der Waals surface area contributed by atoms with E-state index in [0.29, 0.717) is 39.9 Å². The summed E-state index contributed by atoms with van der Waals surface area (Å²) in [5.74, 6) is -0.849. The van der Waals surface area contributed by atoms with Crippen molar-refractivity contribution in [2.24, 2.45) is 0 Å².